The van der Waals surface area contributed by atoms with Crippen molar-refractivity contribution in [2.24, 2.45) is 11.7 Å². The van der Waals surface area contributed by atoms with Crippen LogP contribution in [0.2, 0.25) is 0 Å². The first kappa shape index (κ1) is 12.5. The molecule has 1 fully saturated rings. The Morgan fingerprint density at radius 3 is 3.00 bits per heavy atom. The summed E-state index contributed by atoms with van der Waals surface area (Å²) in [5, 5.41) is 0. The number of likely N-dealkylation sites (tertiary alicyclic amines) is 1. The number of nitrogens with two attached hydrogens (primary N) is 1. The second-order valence-corrected chi connectivity index (χ2v) is 5.54. The van der Waals surface area contributed by atoms with Crippen LogP contribution < -0.4 is 5.73 Å². The Labute approximate surface area is 106 Å². The van der Waals surface area contributed by atoms with Gasteiger partial charge in [0.2, 0.25) is 0 Å². The van der Waals surface area contributed by atoms with Crippen molar-refractivity contribution in [3.8, 4) is 0 Å². The van der Waals surface area contributed by atoms with Gasteiger partial charge in [0.25, 0.3) is 5.91 Å². The number of hydrogen-bond donors (Lipinski definition) is 1. The Balaban J connectivity index is 2.05. The summed E-state index contributed by atoms with van der Waals surface area (Å²) in [5.74, 6) is 0.552. The van der Waals surface area contributed by atoms with E-state index in [4.69, 9.17) is 5.73 Å². The first-order chi connectivity index (χ1) is 8.13. The smallest absolute Gasteiger partial charge is 0.265 e. The zero-order chi connectivity index (χ0) is 12.4. The number of aryl methyl sites for hydroxylation is 1. The fourth-order valence-electron chi connectivity index (χ4n) is 2.39. The quantitative estimate of drug-likeness (QED) is 0.891. The molecule has 94 valence electrons. The van der Waals surface area contributed by atoms with Gasteiger partial charge in [-0.1, -0.05) is 13.3 Å². The zero-order valence-electron chi connectivity index (χ0n) is 10.3. The number of aromatic nitrogens is 1. The maximum absolute atomic E-state index is 12.3. The highest BCUT2D eigenvalue weighted by atomic mass is 32.1. The van der Waals surface area contributed by atoms with Crippen LogP contribution in [0.5, 0.6) is 0 Å². The Hall–Kier alpha value is -0.940. The largest absolute Gasteiger partial charge is 0.336 e. The molecule has 2 atom stereocenters. The lowest BCUT2D eigenvalue weighted by Crippen LogP contribution is -2.32. The van der Waals surface area contributed by atoms with Crippen LogP contribution >= 0.6 is 11.3 Å². The Bertz CT molecular complexity index is 404. The number of thiazole rings is 1. The van der Waals surface area contributed by atoms with Gasteiger partial charge in [-0.3, -0.25) is 4.79 Å². The van der Waals surface area contributed by atoms with Gasteiger partial charge in [0.15, 0.2) is 0 Å². The lowest BCUT2D eigenvalue weighted by molar-refractivity contribution is 0.0789. The third kappa shape index (κ3) is 2.50. The standard InChI is InChI=1S/C12H19N3OS/c1-3-4-9-5-15(6-10(9)13)12(16)11-8(2)14-7-17-11/h7,9-10H,3-6,13H2,1-2H3. The summed E-state index contributed by atoms with van der Waals surface area (Å²) in [5.41, 5.74) is 8.63. The van der Waals surface area contributed by atoms with Gasteiger partial charge in [0, 0.05) is 19.1 Å². The van der Waals surface area contributed by atoms with Gasteiger partial charge in [-0.05, 0) is 19.3 Å². The van der Waals surface area contributed by atoms with E-state index in [9.17, 15) is 4.79 Å². The number of amides is 1. The van der Waals surface area contributed by atoms with Crippen LogP contribution in [0, 0.1) is 12.8 Å². The molecule has 0 aliphatic carbocycles. The molecule has 0 bridgehead atoms. The molecule has 2 unspecified atom stereocenters. The van der Waals surface area contributed by atoms with Crippen LogP contribution in [0.25, 0.3) is 0 Å². The lowest BCUT2D eigenvalue weighted by Gasteiger charge is -2.15. The average molecular weight is 253 g/mol. The molecular weight excluding hydrogens is 234 g/mol. The fraction of sp³-hybridized carbons (Fsp3) is 0.667. The topological polar surface area (TPSA) is 59.2 Å². The second-order valence-electron chi connectivity index (χ2n) is 4.69. The monoisotopic (exact) mass is 253 g/mol. The van der Waals surface area contributed by atoms with Crippen LogP contribution in [-0.2, 0) is 0 Å². The van der Waals surface area contributed by atoms with Gasteiger partial charge in [-0.2, -0.15) is 0 Å². The number of rotatable bonds is 3. The van der Waals surface area contributed by atoms with Crippen molar-refractivity contribution in [1.82, 2.24) is 9.88 Å². The molecule has 17 heavy (non-hydrogen) atoms. The van der Waals surface area contributed by atoms with Gasteiger partial charge in [-0.15, -0.1) is 11.3 Å². The molecule has 0 radical (unpaired) electrons. The van der Waals surface area contributed by atoms with Crippen molar-refractivity contribution in [3.05, 3.63) is 16.1 Å². The summed E-state index contributed by atoms with van der Waals surface area (Å²) >= 11 is 1.42. The Morgan fingerprint density at radius 1 is 1.65 bits per heavy atom. The van der Waals surface area contributed by atoms with E-state index in [0.29, 0.717) is 12.5 Å². The van der Waals surface area contributed by atoms with Gasteiger partial charge >= 0.3 is 0 Å². The minimum absolute atomic E-state index is 0.0963. The highest BCUT2D eigenvalue weighted by Crippen LogP contribution is 2.24. The summed E-state index contributed by atoms with van der Waals surface area (Å²) < 4.78 is 0. The molecule has 0 saturated carbocycles. The van der Waals surface area contributed by atoms with Crippen LogP contribution in [0.4, 0.5) is 0 Å². The van der Waals surface area contributed by atoms with Crippen molar-refractivity contribution in [2.75, 3.05) is 13.1 Å². The summed E-state index contributed by atoms with van der Waals surface area (Å²) in [6.07, 6.45) is 2.23. The van der Waals surface area contributed by atoms with Gasteiger partial charge < -0.3 is 10.6 Å². The number of carbonyl (C=O) groups excluding carboxylic acids is 1. The van der Waals surface area contributed by atoms with Crippen molar-refractivity contribution in [3.63, 3.8) is 0 Å². The van der Waals surface area contributed by atoms with E-state index in [-0.39, 0.29) is 11.9 Å². The molecular formula is C12H19N3OS. The maximum Gasteiger partial charge on any atom is 0.265 e. The van der Waals surface area contributed by atoms with E-state index in [0.717, 1.165) is 30.0 Å². The number of hydrogen-bond acceptors (Lipinski definition) is 4. The van der Waals surface area contributed by atoms with Gasteiger partial charge in [0.1, 0.15) is 4.88 Å². The highest BCUT2D eigenvalue weighted by Gasteiger charge is 2.33. The van der Waals surface area contributed by atoms with E-state index >= 15 is 0 Å². The highest BCUT2D eigenvalue weighted by molar-refractivity contribution is 7.11. The summed E-state index contributed by atoms with van der Waals surface area (Å²) in [6.45, 7) is 5.51. The van der Waals surface area contributed by atoms with E-state index in [2.05, 4.69) is 11.9 Å². The van der Waals surface area contributed by atoms with Gasteiger partial charge in [-0.25, -0.2) is 4.98 Å². The molecule has 1 saturated heterocycles. The van der Waals surface area contributed by atoms with Crippen LogP contribution in [0.1, 0.15) is 35.1 Å². The first-order valence-electron chi connectivity index (χ1n) is 6.08. The first-order valence-corrected chi connectivity index (χ1v) is 6.96. The normalized spacial score (nSPS) is 24.3. The van der Waals surface area contributed by atoms with E-state index < -0.39 is 0 Å². The number of carbonyl (C=O) groups is 1. The lowest BCUT2D eigenvalue weighted by atomic mass is 9.99. The van der Waals surface area contributed by atoms with Crippen molar-refractivity contribution >= 4 is 17.2 Å². The fourth-order valence-corrected chi connectivity index (χ4v) is 3.16. The molecule has 2 heterocycles. The Kier molecular flexibility index (Phi) is 3.79. The third-order valence-electron chi connectivity index (χ3n) is 3.38. The van der Waals surface area contributed by atoms with Crippen LogP contribution in [-0.4, -0.2) is 34.9 Å². The molecule has 0 spiro atoms. The maximum atomic E-state index is 12.3. The minimum Gasteiger partial charge on any atom is -0.336 e. The van der Waals surface area contributed by atoms with Crippen molar-refractivity contribution < 1.29 is 4.79 Å². The molecule has 4 nitrogen and oxygen atoms in total. The molecule has 2 N–H and O–H groups in total. The summed E-state index contributed by atoms with van der Waals surface area (Å²) in [7, 11) is 0. The molecule has 0 aromatic carbocycles. The molecule has 2 rings (SSSR count). The molecule has 1 aliphatic rings. The predicted octanol–water partition coefficient (Wildman–Crippen LogP) is 1.65. The summed E-state index contributed by atoms with van der Waals surface area (Å²) in [6, 6.07) is 0.132. The zero-order valence-corrected chi connectivity index (χ0v) is 11.2. The Morgan fingerprint density at radius 2 is 2.41 bits per heavy atom. The van der Waals surface area contributed by atoms with E-state index in [1.807, 2.05) is 11.8 Å². The van der Waals surface area contributed by atoms with Gasteiger partial charge in [0.05, 0.1) is 11.2 Å². The minimum atomic E-state index is 0.0963. The van der Waals surface area contributed by atoms with Crippen LogP contribution in [0.3, 0.4) is 0 Å². The third-order valence-corrected chi connectivity index (χ3v) is 4.29. The molecule has 1 aromatic rings. The molecule has 1 amide bonds. The van der Waals surface area contributed by atoms with Crippen LogP contribution in [0.15, 0.2) is 5.51 Å². The number of nitrogens with zero attached hydrogens (tertiary/aromatic N) is 2. The molecule has 5 heteroatoms. The second kappa shape index (κ2) is 5.14. The van der Waals surface area contributed by atoms with E-state index in [1.165, 1.54) is 11.3 Å². The van der Waals surface area contributed by atoms with Crippen molar-refractivity contribution in [2.45, 2.75) is 32.7 Å². The van der Waals surface area contributed by atoms with E-state index in [1.54, 1.807) is 5.51 Å². The van der Waals surface area contributed by atoms with Crippen molar-refractivity contribution in [1.29, 1.82) is 0 Å². The summed E-state index contributed by atoms with van der Waals surface area (Å²) in [4.78, 5) is 19.0. The SMILES string of the molecule is CCCC1CN(C(=O)c2scnc2C)CC1N. The molecule has 1 aliphatic heterocycles. The molecule has 1 aromatic heterocycles. The predicted molar refractivity (Wildman–Crippen MR) is 69.1 cm³/mol. The average Bonchev–Trinajstić information content (AvgIpc) is 2.86.